The number of carbonyl (C=O) groups excluding carboxylic acids is 2. The number of nitrogens with zero attached hydrogens (tertiary/aromatic N) is 2. The van der Waals surface area contributed by atoms with Gasteiger partial charge in [0.05, 0.1) is 5.92 Å². The van der Waals surface area contributed by atoms with Gasteiger partial charge in [0.1, 0.15) is 5.82 Å². The van der Waals surface area contributed by atoms with E-state index in [-0.39, 0.29) is 18.2 Å². The van der Waals surface area contributed by atoms with E-state index in [2.05, 4.69) is 10.3 Å². The average molecular weight is 316 g/mol. The third-order valence-electron chi connectivity index (χ3n) is 3.53. The lowest BCUT2D eigenvalue weighted by atomic mass is 10.1. The molecule has 6 heteroatoms. The minimum Gasteiger partial charge on any atom is -0.312 e. The maximum Gasteiger partial charge on any atom is 0.230 e. The van der Waals surface area contributed by atoms with Gasteiger partial charge in [-0.3, -0.25) is 9.59 Å². The minimum absolute atomic E-state index is 0.0802. The summed E-state index contributed by atoms with van der Waals surface area (Å²) in [5.74, 6) is -0.186. The van der Waals surface area contributed by atoms with Crippen molar-refractivity contribution in [1.29, 1.82) is 0 Å². The van der Waals surface area contributed by atoms with Crippen LogP contribution in [0.4, 0.5) is 11.5 Å². The van der Waals surface area contributed by atoms with Crippen molar-refractivity contribution < 1.29 is 9.59 Å². The van der Waals surface area contributed by atoms with Crippen molar-refractivity contribution >= 4 is 34.9 Å². The summed E-state index contributed by atoms with van der Waals surface area (Å²) >= 11 is 5.95. The number of nitrogens with one attached hydrogen (secondary N) is 1. The first-order valence-electron chi connectivity index (χ1n) is 6.91. The Kier molecular flexibility index (Phi) is 4.06. The molecule has 0 bridgehead atoms. The maximum atomic E-state index is 12.2. The summed E-state index contributed by atoms with van der Waals surface area (Å²) < 4.78 is 0. The molecule has 5 nitrogen and oxygen atoms in total. The largest absolute Gasteiger partial charge is 0.312 e. The zero-order chi connectivity index (χ0) is 15.5. The molecule has 0 radical (unpaired) electrons. The molecule has 3 rings (SSSR count). The SMILES string of the molecule is O=C(Nc1ccccn1)[C@H]1CC(=O)N(c2cccc(Cl)c2)C1. The third-order valence-corrected chi connectivity index (χ3v) is 3.77. The van der Waals surface area contributed by atoms with Crippen LogP contribution in [0.3, 0.4) is 0 Å². The highest BCUT2D eigenvalue weighted by Crippen LogP contribution is 2.27. The molecule has 1 saturated heterocycles. The summed E-state index contributed by atoms with van der Waals surface area (Å²) in [6, 6.07) is 12.3. The fourth-order valence-electron chi connectivity index (χ4n) is 2.44. The molecule has 1 atom stereocenters. The Labute approximate surface area is 132 Å². The van der Waals surface area contributed by atoms with Gasteiger partial charge in [-0.05, 0) is 30.3 Å². The van der Waals surface area contributed by atoms with Gasteiger partial charge in [-0.15, -0.1) is 0 Å². The Bertz CT molecular complexity index is 706. The molecule has 112 valence electrons. The average Bonchev–Trinajstić information content (AvgIpc) is 2.90. The molecule has 1 aliphatic rings. The molecular weight excluding hydrogens is 302 g/mol. The summed E-state index contributed by atoms with van der Waals surface area (Å²) in [5.41, 5.74) is 0.714. The molecule has 22 heavy (non-hydrogen) atoms. The number of hydrogen-bond acceptors (Lipinski definition) is 3. The first-order chi connectivity index (χ1) is 10.6. The van der Waals surface area contributed by atoms with E-state index in [1.54, 1.807) is 47.5 Å². The van der Waals surface area contributed by atoms with Crippen molar-refractivity contribution in [2.45, 2.75) is 6.42 Å². The van der Waals surface area contributed by atoms with Crippen molar-refractivity contribution in [2.24, 2.45) is 5.92 Å². The molecule has 1 aliphatic heterocycles. The summed E-state index contributed by atoms with van der Waals surface area (Å²) in [5, 5.41) is 3.29. The predicted molar refractivity (Wildman–Crippen MR) is 84.8 cm³/mol. The third kappa shape index (κ3) is 3.09. The maximum absolute atomic E-state index is 12.2. The summed E-state index contributed by atoms with van der Waals surface area (Å²) in [6.07, 6.45) is 1.79. The van der Waals surface area contributed by atoms with Crippen LogP contribution in [0.5, 0.6) is 0 Å². The quantitative estimate of drug-likeness (QED) is 0.947. The van der Waals surface area contributed by atoms with E-state index in [4.69, 9.17) is 11.6 Å². The van der Waals surface area contributed by atoms with E-state index in [0.717, 1.165) is 0 Å². The van der Waals surface area contributed by atoms with Crippen molar-refractivity contribution in [1.82, 2.24) is 4.98 Å². The number of anilines is 2. The molecule has 2 amide bonds. The van der Waals surface area contributed by atoms with Gasteiger partial charge in [0.2, 0.25) is 11.8 Å². The Morgan fingerprint density at radius 3 is 2.86 bits per heavy atom. The van der Waals surface area contributed by atoms with Crippen LogP contribution >= 0.6 is 11.6 Å². The number of halogens is 1. The lowest BCUT2D eigenvalue weighted by Crippen LogP contribution is -2.28. The monoisotopic (exact) mass is 315 g/mol. The van der Waals surface area contributed by atoms with Crippen LogP contribution in [-0.4, -0.2) is 23.3 Å². The van der Waals surface area contributed by atoms with Gasteiger partial charge in [0, 0.05) is 29.9 Å². The van der Waals surface area contributed by atoms with Gasteiger partial charge < -0.3 is 10.2 Å². The van der Waals surface area contributed by atoms with E-state index in [0.29, 0.717) is 23.1 Å². The van der Waals surface area contributed by atoms with E-state index >= 15 is 0 Å². The Balaban J connectivity index is 1.70. The number of rotatable bonds is 3. The predicted octanol–water partition coefficient (Wildman–Crippen LogP) is 2.73. The van der Waals surface area contributed by atoms with Crippen LogP contribution in [0.1, 0.15) is 6.42 Å². The fraction of sp³-hybridized carbons (Fsp3) is 0.188. The molecule has 1 aromatic carbocycles. The van der Waals surface area contributed by atoms with Gasteiger partial charge in [0.25, 0.3) is 0 Å². The fourth-order valence-corrected chi connectivity index (χ4v) is 2.63. The van der Waals surface area contributed by atoms with E-state index < -0.39 is 5.92 Å². The normalized spacial score (nSPS) is 17.6. The highest BCUT2D eigenvalue weighted by Gasteiger charge is 2.35. The number of pyridine rings is 1. The van der Waals surface area contributed by atoms with E-state index in [1.807, 2.05) is 6.07 Å². The number of aromatic nitrogens is 1. The van der Waals surface area contributed by atoms with Crippen LogP contribution in [0.2, 0.25) is 5.02 Å². The second-order valence-electron chi connectivity index (χ2n) is 5.09. The van der Waals surface area contributed by atoms with E-state index in [1.165, 1.54) is 0 Å². The molecule has 0 spiro atoms. The van der Waals surface area contributed by atoms with Crippen LogP contribution in [0.15, 0.2) is 48.7 Å². The van der Waals surface area contributed by atoms with Crippen LogP contribution in [0.25, 0.3) is 0 Å². The first kappa shape index (κ1) is 14.5. The smallest absolute Gasteiger partial charge is 0.230 e. The van der Waals surface area contributed by atoms with Crippen LogP contribution in [-0.2, 0) is 9.59 Å². The van der Waals surface area contributed by atoms with Crippen LogP contribution in [0, 0.1) is 5.92 Å². The van der Waals surface area contributed by atoms with Gasteiger partial charge in [-0.1, -0.05) is 23.7 Å². The van der Waals surface area contributed by atoms with Gasteiger partial charge in [0.15, 0.2) is 0 Å². The molecule has 0 saturated carbocycles. The lowest BCUT2D eigenvalue weighted by molar-refractivity contribution is -0.122. The topological polar surface area (TPSA) is 62.3 Å². The molecule has 2 heterocycles. The van der Waals surface area contributed by atoms with Crippen molar-refractivity contribution in [3.8, 4) is 0 Å². The Morgan fingerprint density at radius 2 is 2.14 bits per heavy atom. The number of carbonyl (C=O) groups is 2. The molecule has 0 unspecified atom stereocenters. The van der Waals surface area contributed by atoms with Gasteiger partial charge >= 0.3 is 0 Å². The molecular formula is C16H14ClN3O2. The second kappa shape index (κ2) is 6.15. The second-order valence-corrected chi connectivity index (χ2v) is 5.53. The highest BCUT2D eigenvalue weighted by molar-refractivity contribution is 6.31. The summed E-state index contributed by atoms with van der Waals surface area (Å²) in [6.45, 7) is 0.345. The van der Waals surface area contributed by atoms with Gasteiger partial charge in [-0.2, -0.15) is 0 Å². The number of hydrogen-bond donors (Lipinski definition) is 1. The summed E-state index contributed by atoms with van der Waals surface area (Å²) in [7, 11) is 0. The van der Waals surface area contributed by atoms with Crippen LogP contribution < -0.4 is 10.2 Å². The molecule has 0 aliphatic carbocycles. The number of amides is 2. The van der Waals surface area contributed by atoms with Gasteiger partial charge in [-0.25, -0.2) is 4.98 Å². The first-order valence-corrected chi connectivity index (χ1v) is 7.29. The molecule has 1 N–H and O–H groups in total. The van der Waals surface area contributed by atoms with Crippen molar-refractivity contribution in [3.63, 3.8) is 0 Å². The van der Waals surface area contributed by atoms with E-state index in [9.17, 15) is 9.59 Å². The number of benzene rings is 1. The van der Waals surface area contributed by atoms with Crippen molar-refractivity contribution in [3.05, 3.63) is 53.7 Å². The molecule has 1 fully saturated rings. The highest BCUT2D eigenvalue weighted by atomic mass is 35.5. The zero-order valence-electron chi connectivity index (χ0n) is 11.7. The standard InChI is InChI=1S/C16H14ClN3O2/c17-12-4-3-5-13(9-12)20-10-11(8-15(20)21)16(22)19-14-6-1-2-7-18-14/h1-7,9,11H,8,10H2,(H,18,19,22)/t11-/m0/s1. The van der Waals surface area contributed by atoms with Crippen molar-refractivity contribution in [2.75, 3.05) is 16.8 Å². The summed E-state index contributed by atoms with van der Waals surface area (Å²) in [4.78, 5) is 30.0. The lowest BCUT2D eigenvalue weighted by Gasteiger charge is -2.16. The minimum atomic E-state index is -0.395. The Morgan fingerprint density at radius 1 is 1.27 bits per heavy atom. The molecule has 1 aromatic heterocycles. The zero-order valence-corrected chi connectivity index (χ0v) is 12.5. The Hall–Kier alpha value is -2.40. The molecule has 2 aromatic rings.